The highest BCUT2D eigenvalue weighted by atomic mass is 16.7. The third kappa shape index (κ3) is 2.82. The Bertz CT molecular complexity index is 566. The zero-order valence-corrected chi connectivity index (χ0v) is 14.3. The summed E-state index contributed by atoms with van der Waals surface area (Å²) in [6, 6.07) is 8.69. The van der Waals surface area contributed by atoms with Crippen LogP contribution in [0.4, 0.5) is 0 Å². The third-order valence-electron chi connectivity index (χ3n) is 5.20. The van der Waals surface area contributed by atoms with Crippen LogP contribution in [0.2, 0.25) is 0 Å². The van der Waals surface area contributed by atoms with Gasteiger partial charge in [-0.05, 0) is 51.3 Å². The molecule has 2 heterocycles. The van der Waals surface area contributed by atoms with Crippen molar-refractivity contribution >= 4 is 12.6 Å². The van der Waals surface area contributed by atoms with Crippen molar-refractivity contribution in [2.75, 3.05) is 13.6 Å². The fourth-order valence-corrected chi connectivity index (χ4v) is 3.07. The first-order chi connectivity index (χ1) is 10.3. The molecule has 118 valence electrons. The predicted octanol–water partition coefficient (Wildman–Crippen LogP) is 2.92. The second kappa shape index (κ2) is 5.43. The Morgan fingerprint density at radius 1 is 1.14 bits per heavy atom. The summed E-state index contributed by atoms with van der Waals surface area (Å²) in [5.41, 5.74) is 1.90. The van der Waals surface area contributed by atoms with E-state index in [9.17, 15) is 0 Å². The fraction of sp³-hybridized carbons (Fsp3) is 0.556. The van der Waals surface area contributed by atoms with Crippen LogP contribution in [0.15, 0.2) is 36.5 Å². The minimum Gasteiger partial charge on any atom is -0.399 e. The van der Waals surface area contributed by atoms with Gasteiger partial charge in [0.2, 0.25) is 0 Å². The number of hydrogen-bond acceptors (Lipinski definition) is 3. The van der Waals surface area contributed by atoms with Crippen LogP contribution >= 0.6 is 0 Å². The lowest BCUT2D eigenvalue weighted by molar-refractivity contribution is 0.00578. The first kappa shape index (κ1) is 15.6. The van der Waals surface area contributed by atoms with E-state index in [1.165, 1.54) is 5.56 Å². The Morgan fingerprint density at radius 3 is 2.45 bits per heavy atom. The van der Waals surface area contributed by atoms with Gasteiger partial charge in [0.05, 0.1) is 11.2 Å². The van der Waals surface area contributed by atoms with Crippen LogP contribution < -0.4 is 5.46 Å². The molecule has 3 rings (SSSR count). The summed E-state index contributed by atoms with van der Waals surface area (Å²) in [6.07, 6.45) is 5.50. The maximum atomic E-state index is 6.17. The lowest BCUT2D eigenvalue weighted by atomic mass is 9.77. The van der Waals surface area contributed by atoms with Gasteiger partial charge < -0.3 is 14.2 Å². The van der Waals surface area contributed by atoms with Crippen molar-refractivity contribution in [3.8, 4) is 0 Å². The molecule has 0 saturated carbocycles. The van der Waals surface area contributed by atoms with Crippen molar-refractivity contribution in [1.82, 2.24) is 4.90 Å². The second-order valence-electron chi connectivity index (χ2n) is 7.52. The fourth-order valence-electron chi connectivity index (χ4n) is 3.07. The van der Waals surface area contributed by atoms with E-state index in [0.717, 1.165) is 18.4 Å². The molecule has 1 atom stereocenters. The van der Waals surface area contributed by atoms with Gasteiger partial charge in [0.1, 0.15) is 0 Å². The molecule has 22 heavy (non-hydrogen) atoms. The van der Waals surface area contributed by atoms with E-state index in [0.29, 0.717) is 5.92 Å². The van der Waals surface area contributed by atoms with Gasteiger partial charge >= 0.3 is 7.12 Å². The number of allylic oxidation sites excluding steroid dienone is 1. The third-order valence-corrected chi connectivity index (χ3v) is 5.20. The van der Waals surface area contributed by atoms with E-state index in [2.05, 4.69) is 76.2 Å². The molecule has 2 aliphatic heterocycles. The molecule has 4 heteroatoms. The molecule has 0 amide bonds. The van der Waals surface area contributed by atoms with Crippen molar-refractivity contribution in [2.45, 2.75) is 51.2 Å². The number of rotatable bonds is 2. The minimum absolute atomic E-state index is 0.276. The summed E-state index contributed by atoms with van der Waals surface area (Å²) in [5.74, 6) is 0.539. The van der Waals surface area contributed by atoms with Crippen LogP contribution in [0.5, 0.6) is 0 Å². The summed E-state index contributed by atoms with van der Waals surface area (Å²) < 4.78 is 12.3. The Hall–Kier alpha value is -1.26. The monoisotopic (exact) mass is 299 g/mol. The van der Waals surface area contributed by atoms with Crippen LogP contribution in [-0.2, 0) is 9.31 Å². The average Bonchev–Trinajstić information content (AvgIpc) is 2.68. The zero-order chi connectivity index (χ0) is 16.0. The Balaban J connectivity index is 1.82. The number of likely N-dealkylation sites (N-methyl/N-ethyl adjacent to an activating group) is 1. The van der Waals surface area contributed by atoms with E-state index < -0.39 is 0 Å². The molecule has 0 radical (unpaired) electrons. The Labute approximate surface area is 134 Å². The molecular formula is C18H26BNO2. The van der Waals surface area contributed by atoms with Gasteiger partial charge in [0.25, 0.3) is 0 Å². The highest BCUT2D eigenvalue weighted by Gasteiger charge is 2.51. The molecule has 0 spiro atoms. The van der Waals surface area contributed by atoms with Crippen molar-refractivity contribution in [2.24, 2.45) is 0 Å². The second-order valence-corrected chi connectivity index (χ2v) is 7.52. The van der Waals surface area contributed by atoms with E-state index in [4.69, 9.17) is 9.31 Å². The van der Waals surface area contributed by atoms with Crippen LogP contribution in [-0.4, -0.2) is 36.8 Å². The molecular weight excluding hydrogens is 273 g/mol. The molecule has 3 nitrogen and oxygen atoms in total. The van der Waals surface area contributed by atoms with Crippen LogP contribution in [0, 0.1) is 0 Å². The van der Waals surface area contributed by atoms with Crippen molar-refractivity contribution in [1.29, 1.82) is 0 Å². The van der Waals surface area contributed by atoms with Gasteiger partial charge in [-0.1, -0.05) is 30.3 Å². The van der Waals surface area contributed by atoms with E-state index >= 15 is 0 Å². The average molecular weight is 299 g/mol. The normalized spacial score (nSPS) is 26.5. The number of nitrogens with zero attached hydrogens (tertiary/aromatic N) is 1. The Morgan fingerprint density at radius 2 is 1.82 bits per heavy atom. The minimum atomic E-state index is -0.290. The standard InChI is InChI=1S/C18H26BNO2/c1-17(2)18(3,4)22-19(21-17)16-10-6-8-14(12-16)15-9-7-11-20(5)13-15/h6-8,10-12,15H,9,13H2,1-5H3. The molecule has 1 aromatic carbocycles. The molecule has 1 unspecified atom stereocenters. The first-order valence-corrected chi connectivity index (χ1v) is 8.11. The maximum Gasteiger partial charge on any atom is 0.494 e. The SMILES string of the molecule is CN1C=CCC(c2cccc(B3OC(C)(C)C(C)(C)O3)c2)C1. The molecule has 0 aromatic heterocycles. The van der Waals surface area contributed by atoms with E-state index in [1.54, 1.807) is 0 Å². The topological polar surface area (TPSA) is 21.7 Å². The maximum absolute atomic E-state index is 6.17. The van der Waals surface area contributed by atoms with Crippen molar-refractivity contribution in [3.05, 3.63) is 42.1 Å². The summed E-state index contributed by atoms with van der Waals surface area (Å²) in [7, 11) is 1.85. The lowest BCUT2D eigenvalue weighted by Gasteiger charge is -2.32. The van der Waals surface area contributed by atoms with E-state index in [1.807, 2.05) is 0 Å². The molecule has 1 saturated heterocycles. The molecule has 0 aliphatic carbocycles. The van der Waals surface area contributed by atoms with Gasteiger partial charge in [-0.25, -0.2) is 0 Å². The smallest absolute Gasteiger partial charge is 0.399 e. The summed E-state index contributed by atoms with van der Waals surface area (Å²) in [5, 5.41) is 0. The quantitative estimate of drug-likeness (QED) is 0.784. The van der Waals surface area contributed by atoms with Gasteiger partial charge in [-0.15, -0.1) is 0 Å². The summed E-state index contributed by atoms with van der Waals surface area (Å²) in [6.45, 7) is 9.44. The van der Waals surface area contributed by atoms with E-state index in [-0.39, 0.29) is 18.3 Å². The number of benzene rings is 1. The molecule has 2 aliphatic rings. The lowest BCUT2D eigenvalue weighted by Crippen LogP contribution is -2.41. The molecule has 0 bridgehead atoms. The van der Waals surface area contributed by atoms with Gasteiger partial charge in [-0.2, -0.15) is 0 Å². The zero-order valence-electron chi connectivity index (χ0n) is 14.3. The molecule has 0 N–H and O–H groups in total. The summed E-state index contributed by atoms with van der Waals surface area (Å²) in [4.78, 5) is 2.25. The predicted molar refractivity (Wildman–Crippen MR) is 91.3 cm³/mol. The highest BCUT2D eigenvalue weighted by molar-refractivity contribution is 6.62. The largest absolute Gasteiger partial charge is 0.494 e. The first-order valence-electron chi connectivity index (χ1n) is 8.11. The van der Waals surface area contributed by atoms with Gasteiger partial charge in [0, 0.05) is 19.5 Å². The Kier molecular flexibility index (Phi) is 3.86. The van der Waals surface area contributed by atoms with Crippen molar-refractivity contribution < 1.29 is 9.31 Å². The summed E-state index contributed by atoms with van der Waals surface area (Å²) >= 11 is 0. The molecule has 1 aromatic rings. The van der Waals surface area contributed by atoms with Gasteiger partial charge in [-0.3, -0.25) is 0 Å². The van der Waals surface area contributed by atoms with Gasteiger partial charge in [0.15, 0.2) is 0 Å². The number of hydrogen-bond donors (Lipinski definition) is 0. The van der Waals surface area contributed by atoms with Crippen LogP contribution in [0.3, 0.4) is 0 Å². The van der Waals surface area contributed by atoms with Crippen LogP contribution in [0.1, 0.15) is 45.6 Å². The highest BCUT2D eigenvalue weighted by Crippen LogP contribution is 2.36. The van der Waals surface area contributed by atoms with Crippen LogP contribution in [0.25, 0.3) is 0 Å². The van der Waals surface area contributed by atoms with Crippen molar-refractivity contribution in [3.63, 3.8) is 0 Å². The molecule has 1 fully saturated rings.